The second-order valence-electron chi connectivity index (χ2n) is 4.69. The van der Waals surface area contributed by atoms with Gasteiger partial charge < -0.3 is 4.74 Å². The van der Waals surface area contributed by atoms with Gasteiger partial charge in [-0.1, -0.05) is 24.3 Å². The number of carbonyl (C=O) groups is 2. The monoisotopic (exact) mass is 311 g/mol. The van der Waals surface area contributed by atoms with Crippen molar-refractivity contribution in [3.63, 3.8) is 0 Å². The second kappa shape index (κ2) is 7.13. The standard InChI is InChI=1S/C17H13NO5/c1-12(19)14-5-3-7-16(11-14)23-17(20)9-8-13-4-2-6-15(10-13)18(21)22/h2-11H,1H3/b9-8+. The van der Waals surface area contributed by atoms with E-state index in [0.717, 1.165) is 0 Å². The van der Waals surface area contributed by atoms with Crippen LogP contribution in [0.3, 0.4) is 0 Å². The van der Waals surface area contributed by atoms with Crippen LogP contribution >= 0.6 is 0 Å². The van der Waals surface area contributed by atoms with Gasteiger partial charge >= 0.3 is 5.97 Å². The van der Waals surface area contributed by atoms with Crippen LogP contribution in [0.4, 0.5) is 5.69 Å². The molecule has 0 heterocycles. The third-order valence-electron chi connectivity index (χ3n) is 2.95. The van der Waals surface area contributed by atoms with Crippen LogP contribution in [-0.4, -0.2) is 16.7 Å². The lowest BCUT2D eigenvalue weighted by atomic mass is 10.1. The summed E-state index contributed by atoms with van der Waals surface area (Å²) in [7, 11) is 0. The number of ether oxygens (including phenoxy) is 1. The number of ketones is 1. The average Bonchev–Trinajstić information content (AvgIpc) is 2.53. The number of non-ortho nitro benzene ring substituents is 1. The zero-order valence-corrected chi connectivity index (χ0v) is 12.3. The molecule has 2 aromatic carbocycles. The first-order chi connectivity index (χ1) is 11.0. The van der Waals surface area contributed by atoms with E-state index in [0.29, 0.717) is 11.1 Å². The van der Waals surface area contributed by atoms with Crippen LogP contribution in [0.2, 0.25) is 0 Å². The van der Waals surface area contributed by atoms with Crippen molar-refractivity contribution in [2.45, 2.75) is 6.92 Å². The molecule has 23 heavy (non-hydrogen) atoms. The van der Waals surface area contributed by atoms with E-state index in [1.807, 2.05) is 0 Å². The number of Topliss-reactive ketones (excluding diaryl/α,β-unsaturated/α-hetero) is 1. The topological polar surface area (TPSA) is 86.5 Å². The third kappa shape index (κ3) is 4.60. The van der Waals surface area contributed by atoms with Crippen LogP contribution in [0.25, 0.3) is 6.08 Å². The summed E-state index contributed by atoms with van der Waals surface area (Å²) in [5.41, 5.74) is 0.890. The molecule has 0 saturated carbocycles. The highest BCUT2D eigenvalue weighted by Crippen LogP contribution is 2.16. The van der Waals surface area contributed by atoms with Gasteiger partial charge in [0.05, 0.1) is 4.92 Å². The highest BCUT2D eigenvalue weighted by atomic mass is 16.6. The Kier molecular flexibility index (Phi) is 4.99. The van der Waals surface area contributed by atoms with Crippen molar-refractivity contribution < 1.29 is 19.2 Å². The Morgan fingerprint density at radius 3 is 2.57 bits per heavy atom. The molecule has 0 atom stereocenters. The maximum atomic E-state index is 11.8. The third-order valence-corrected chi connectivity index (χ3v) is 2.95. The van der Waals surface area contributed by atoms with Crippen molar-refractivity contribution in [1.82, 2.24) is 0 Å². The number of esters is 1. The SMILES string of the molecule is CC(=O)c1cccc(OC(=O)/C=C/c2cccc([N+](=O)[O-])c2)c1. The van der Waals surface area contributed by atoms with E-state index >= 15 is 0 Å². The largest absolute Gasteiger partial charge is 0.423 e. The maximum Gasteiger partial charge on any atom is 0.336 e. The average molecular weight is 311 g/mol. The Labute approximate surface area is 132 Å². The van der Waals surface area contributed by atoms with E-state index in [1.54, 1.807) is 24.3 Å². The van der Waals surface area contributed by atoms with Gasteiger partial charge in [-0.25, -0.2) is 4.79 Å². The summed E-state index contributed by atoms with van der Waals surface area (Å²) >= 11 is 0. The van der Waals surface area contributed by atoms with Crippen LogP contribution in [0.5, 0.6) is 5.75 Å². The fraction of sp³-hybridized carbons (Fsp3) is 0.0588. The van der Waals surface area contributed by atoms with Crippen molar-refractivity contribution in [1.29, 1.82) is 0 Å². The second-order valence-corrected chi connectivity index (χ2v) is 4.69. The lowest BCUT2D eigenvalue weighted by Crippen LogP contribution is -2.04. The number of hydrogen-bond donors (Lipinski definition) is 0. The molecule has 2 aromatic rings. The number of rotatable bonds is 5. The Morgan fingerprint density at radius 1 is 1.13 bits per heavy atom. The minimum absolute atomic E-state index is 0.0605. The van der Waals surface area contributed by atoms with E-state index in [4.69, 9.17) is 4.74 Å². The van der Waals surface area contributed by atoms with Crippen LogP contribution in [0.15, 0.2) is 54.6 Å². The molecule has 0 aromatic heterocycles. The predicted molar refractivity (Wildman–Crippen MR) is 84.2 cm³/mol. The van der Waals surface area contributed by atoms with Crippen LogP contribution in [0.1, 0.15) is 22.8 Å². The van der Waals surface area contributed by atoms with Gasteiger partial charge in [0, 0.05) is 23.8 Å². The number of nitrogens with zero attached hydrogens (tertiary/aromatic N) is 1. The van der Waals surface area contributed by atoms with Gasteiger partial charge in [-0.15, -0.1) is 0 Å². The van der Waals surface area contributed by atoms with E-state index in [-0.39, 0.29) is 17.2 Å². The van der Waals surface area contributed by atoms with Gasteiger partial charge in [0.2, 0.25) is 0 Å². The summed E-state index contributed by atoms with van der Waals surface area (Å²) < 4.78 is 5.09. The molecule has 2 rings (SSSR count). The van der Waals surface area contributed by atoms with Gasteiger partial charge in [-0.05, 0) is 30.7 Å². The maximum absolute atomic E-state index is 11.8. The minimum atomic E-state index is -0.641. The smallest absolute Gasteiger partial charge is 0.336 e. The van der Waals surface area contributed by atoms with Gasteiger partial charge in [0.15, 0.2) is 5.78 Å². The lowest BCUT2D eigenvalue weighted by molar-refractivity contribution is -0.384. The molecule has 0 unspecified atom stereocenters. The van der Waals surface area contributed by atoms with Gasteiger partial charge in [0.25, 0.3) is 5.69 Å². The van der Waals surface area contributed by atoms with Crippen molar-refractivity contribution >= 4 is 23.5 Å². The molecule has 0 aliphatic heterocycles. The number of nitro groups is 1. The van der Waals surface area contributed by atoms with Crippen molar-refractivity contribution in [2.75, 3.05) is 0 Å². The summed E-state index contributed by atoms with van der Waals surface area (Å²) in [5.74, 6) is -0.515. The summed E-state index contributed by atoms with van der Waals surface area (Å²) in [6, 6.07) is 12.1. The molecule has 116 valence electrons. The molecular formula is C17H13NO5. The quantitative estimate of drug-likeness (QED) is 0.211. The molecule has 0 saturated heterocycles. The lowest BCUT2D eigenvalue weighted by Gasteiger charge is -2.02. The van der Waals surface area contributed by atoms with Gasteiger partial charge in [-0.2, -0.15) is 0 Å². The Balaban J connectivity index is 2.07. The molecule has 0 bridgehead atoms. The first kappa shape index (κ1) is 16.1. The van der Waals surface area contributed by atoms with Gasteiger partial charge in [0.1, 0.15) is 5.75 Å². The molecule has 0 aliphatic carbocycles. The highest BCUT2D eigenvalue weighted by molar-refractivity contribution is 5.95. The fourth-order valence-corrected chi connectivity index (χ4v) is 1.84. The molecule has 0 amide bonds. The van der Waals surface area contributed by atoms with E-state index in [2.05, 4.69) is 0 Å². The minimum Gasteiger partial charge on any atom is -0.423 e. The summed E-state index contributed by atoms with van der Waals surface area (Å²) in [6.07, 6.45) is 2.59. The van der Waals surface area contributed by atoms with Crippen molar-refractivity contribution in [3.05, 3.63) is 75.8 Å². The van der Waals surface area contributed by atoms with Crippen molar-refractivity contribution in [3.8, 4) is 5.75 Å². The number of nitro benzene ring substituents is 1. The molecule has 0 fully saturated rings. The number of hydrogen-bond acceptors (Lipinski definition) is 5. The van der Waals surface area contributed by atoms with Crippen LogP contribution < -0.4 is 4.74 Å². The highest BCUT2D eigenvalue weighted by Gasteiger charge is 2.06. The van der Waals surface area contributed by atoms with Crippen molar-refractivity contribution in [2.24, 2.45) is 0 Å². The number of carbonyl (C=O) groups excluding carboxylic acids is 2. The molecule has 0 spiro atoms. The van der Waals surface area contributed by atoms with Gasteiger partial charge in [-0.3, -0.25) is 14.9 Å². The molecule has 6 heteroatoms. The molecule has 6 nitrogen and oxygen atoms in total. The Bertz CT molecular complexity index is 795. The Morgan fingerprint density at radius 2 is 1.87 bits per heavy atom. The molecular weight excluding hydrogens is 298 g/mol. The zero-order valence-electron chi connectivity index (χ0n) is 12.3. The van der Waals surface area contributed by atoms with Crippen LogP contribution in [0, 0.1) is 10.1 Å². The molecule has 0 N–H and O–H groups in total. The Hall–Kier alpha value is -3.28. The van der Waals surface area contributed by atoms with Crippen LogP contribution in [-0.2, 0) is 4.79 Å². The first-order valence-electron chi connectivity index (χ1n) is 6.71. The number of benzene rings is 2. The fourth-order valence-electron chi connectivity index (χ4n) is 1.84. The summed E-state index contributed by atoms with van der Waals surface area (Å²) in [5, 5.41) is 10.7. The zero-order chi connectivity index (χ0) is 16.8. The predicted octanol–water partition coefficient (Wildman–Crippen LogP) is 3.42. The molecule has 0 radical (unpaired) electrons. The normalized spacial score (nSPS) is 10.5. The first-order valence-corrected chi connectivity index (χ1v) is 6.71. The summed E-state index contributed by atoms with van der Waals surface area (Å²) in [6.45, 7) is 1.42. The summed E-state index contributed by atoms with van der Waals surface area (Å²) in [4.78, 5) is 33.2. The van der Waals surface area contributed by atoms with E-state index in [1.165, 1.54) is 43.3 Å². The van der Waals surface area contributed by atoms with E-state index < -0.39 is 10.9 Å². The van der Waals surface area contributed by atoms with E-state index in [9.17, 15) is 19.7 Å². The molecule has 0 aliphatic rings.